The molecule has 0 bridgehead atoms. The standard InChI is InChI=1S/C15H24BrNO2/c1-5-12(6-2)10(3)17-9-11-7-13(16)15(18)14(8-11)19-4/h7-8,10,12,17-18H,5-6,9H2,1-4H3. The van der Waals surface area contributed by atoms with Crippen LogP contribution in [0.15, 0.2) is 16.6 Å². The first-order valence-corrected chi connectivity index (χ1v) is 7.61. The second-order valence-corrected chi connectivity index (χ2v) is 5.73. The van der Waals surface area contributed by atoms with Crippen molar-refractivity contribution in [3.8, 4) is 11.5 Å². The highest BCUT2D eigenvalue weighted by atomic mass is 79.9. The number of nitrogens with one attached hydrogen (secondary N) is 1. The van der Waals surface area contributed by atoms with Gasteiger partial charge in [-0.25, -0.2) is 0 Å². The predicted octanol–water partition coefficient (Wildman–Crippen LogP) is 4.08. The first-order chi connectivity index (χ1) is 9.03. The summed E-state index contributed by atoms with van der Waals surface area (Å²) in [7, 11) is 1.56. The number of ether oxygens (including phenoxy) is 1. The van der Waals surface area contributed by atoms with E-state index in [9.17, 15) is 5.11 Å². The van der Waals surface area contributed by atoms with Gasteiger partial charge in [0.2, 0.25) is 0 Å². The van der Waals surface area contributed by atoms with Gasteiger partial charge in [0.1, 0.15) is 0 Å². The van der Waals surface area contributed by atoms with Crippen molar-refractivity contribution >= 4 is 15.9 Å². The molecule has 19 heavy (non-hydrogen) atoms. The first-order valence-electron chi connectivity index (χ1n) is 6.82. The Labute approximate surface area is 124 Å². The van der Waals surface area contributed by atoms with E-state index in [2.05, 4.69) is 42.0 Å². The Morgan fingerprint density at radius 1 is 1.32 bits per heavy atom. The molecule has 2 N–H and O–H groups in total. The van der Waals surface area contributed by atoms with Gasteiger partial charge in [-0.2, -0.15) is 0 Å². The van der Waals surface area contributed by atoms with Crippen molar-refractivity contribution in [2.45, 2.75) is 46.2 Å². The molecule has 108 valence electrons. The summed E-state index contributed by atoms with van der Waals surface area (Å²) in [4.78, 5) is 0. The summed E-state index contributed by atoms with van der Waals surface area (Å²) in [6.45, 7) is 7.45. The van der Waals surface area contributed by atoms with Crippen LogP contribution >= 0.6 is 15.9 Å². The third-order valence-electron chi connectivity index (χ3n) is 3.69. The molecule has 1 aromatic rings. The largest absolute Gasteiger partial charge is 0.503 e. The summed E-state index contributed by atoms with van der Waals surface area (Å²) in [5.74, 6) is 1.35. The number of methoxy groups -OCH3 is 1. The maximum absolute atomic E-state index is 9.77. The van der Waals surface area contributed by atoms with Gasteiger partial charge in [-0.05, 0) is 46.5 Å². The average molecular weight is 330 g/mol. The molecule has 0 aliphatic heterocycles. The van der Waals surface area contributed by atoms with E-state index in [1.165, 1.54) is 12.8 Å². The number of benzene rings is 1. The van der Waals surface area contributed by atoms with Crippen LogP contribution in [0.5, 0.6) is 11.5 Å². The van der Waals surface area contributed by atoms with Gasteiger partial charge in [-0.15, -0.1) is 0 Å². The molecule has 0 fully saturated rings. The fraction of sp³-hybridized carbons (Fsp3) is 0.600. The molecular weight excluding hydrogens is 306 g/mol. The van der Waals surface area contributed by atoms with E-state index < -0.39 is 0 Å². The van der Waals surface area contributed by atoms with Crippen LogP contribution < -0.4 is 10.1 Å². The summed E-state index contributed by atoms with van der Waals surface area (Å²) in [6, 6.07) is 4.27. The summed E-state index contributed by atoms with van der Waals surface area (Å²) < 4.78 is 5.82. The van der Waals surface area contributed by atoms with Gasteiger partial charge in [0.25, 0.3) is 0 Å². The van der Waals surface area contributed by atoms with Crippen molar-refractivity contribution in [3.05, 3.63) is 22.2 Å². The van der Waals surface area contributed by atoms with Crippen LogP contribution in [0.3, 0.4) is 0 Å². The molecule has 0 radical (unpaired) electrons. The fourth-order valence-electron chi connectivity index (χ4n) is 2.33. The Balaban J connectivity index is 2.70. The minimum Gasteiger partial charge on any atom is -0.503 e. The number of rotatable bonds is 7. The van der Waals surface area contributed by atoms with Gasteiger partial charge in [-0.1, -0.05) is 26.7 Å². The minimum absolute atomic E-state index is 0.152. The zero-order valence-electron chi connectivity index (χ0n) is 12.2. The molecule has 0 aromatic heterocycles. The van der Waals surface area contributed by atoms with E-state index in [1.807, 2.05) is 12.1 Å². The van der Waals surface area contributed by atoms with Crippen molar-refractivity contribution in [3.63, 3.8) is 0 Å². The van der Waals surface area contributed by atoms with Gasteiger partial charge in [0.15, 0.2) is 11.5 Å². The third-order valence-corrected chi connectivity index (χ3v) is 4.30. The summed E-state index contributed by atoms with van der Waals surface area (Å²) in [6.07, 6.45) is 2.38. The summed E-state index contributed by atoms with van der Waals surface area (Å²) in [5, 5.41) is 13.3. The fourth-order valence-corrected chi connectivity index (χ4v) is 2.82. The first kappa shape index (κ1) is 16.3. The number of phenolic OH excluding ortho intramolecular Hbond substituents is 1. The zero-order valence-corrected chi connectivity index (χ0v) is 13.8. The lowest BCUT2D eigenvalue weighted by atomic mass is 9.95. The molecule has 1 unspecified atom stereocenters. The molecule has 0 spiro atoms. The summed E-state index contributed by atoms with van der Waals surface area (Å²) in [5.41, 5.74) is 1.10. The lowest BCUT2D eigenvalue weighted by molar-refractivity contribution is 0.351. The molecular formula is C15H24BrNO2. The number of halogens is 1. The van der Waals surface area contributed by atoms with Gasteiger partial charge in [0.05, 0.1) is 11.6 Å². The Hall–Kier alpha value is -0.740. The maximum atomic E-state index is 9.77. The van der Waals surface area contributed by atoms with Crippen LogP contribution in [0.25, 0.3) is 0 Å². The van der Waals surface area contributed by atoms with Gasteiger partial charge >= 0.3 is 0 Å². The highest BCUT2D eigenvalue weighted by molar-refractivity contribution is 9.10. The van der Waals surface area contributed by atoms with Crippen LogP contribution in [0.2, 0.25) is 0 Å². The molecule has 0 heterocycles. The highest BCUT2D eigenvalue weighted by Crippen LogP contribution is 2.35. The van der Waals surface area contributed by atoms with Crippen molar-refractivity contribution in [1.82, 2.24) is 5.32 Å². The number of phenols is 1. The van der Waals surface area contributed by atoms with Crippen LogP contribution in [0, 0.1) is 5.92 Å². The maximum Gasteiger partial charge on any atom is 0.172 e. The second kappa shape index (κ2) is 7.75. The van der Waals surface area contributed by atoms with Crippen molar-refractivity contribution in [2.24, 2.45) is 5.92 Å². The number of hydrogen-bond donors (Lipinski definition) is 2. The average Bonchev–Trinajstić information content (AvgIpc) is 2.41. The lowest BCUT2D eigenvalue weighted by Crippen LogP contribution is -2.32. The quantitative estimate of drug-likeness (QED) is 0.792. The third kappa shape index (κ3) is 4.39. The smallest absolute Gasteiger partial charge is 0.172 e. The molecule has 3 nitrogen and oxygen atoms in total. The highest BCUT2D eigenvalue weighted by Gasteiger charge is 2.14. The molecule has 0 saturated carbocycles. The minimum atomic E-state index is 0.152. The van der Waals surface area contributed by atoms with Crippen LogP contribution in [-0.2, 0) is 6.54 Å². The molecule has 1 rings (SSSR count). The van der Waals surface area contributed by atoms with E-state index in [0.29, 0.717) is 22.2 Å². The van der Waals surface area contributed by atoms with Crippen molar-refractivity contribution in [2.75, 3.05) is 7.11 Å². The van der Waals surface area contributed by atoms with E-state index >= 15 is 0 Å². The molecule has 0 amide bonds. The number of aromatic hydroxyl groups is 1. The van der Waals surface area contributed by atoms with Crippen LogP contribution in [0.1, 0.15) is 39.2 Å². The number of hydrogen-bond acceptors (Lipinski definition) is 3. The normalized spacial score (nSPS) is 12.7. The molecule has 0 aliphatic rings. The van der Waals surface area contributed by atoms with E-state index in [4.69, 9.17) is 4.74 Å². The molecule has 1 aromatic carbocycles. The lowest BCUT2D eigenvalue weighted by Gasteiger charge is -2.22. The molecule has 0 saturated heterocycles. The van der Waals surface area contributed by atoms with Crippen LogP contribution in [0.4, 0.5) is 0 Å². The monoisotopic (exact) mass is 329 g/mol. The van der Waals surface area contributed by atoms with Gasteiger partial charge in [0, 0.05) is 12.6 Å². The Morgan fingerprint density at radius 2 is 1.95 bits per heavy atom. The molecule has 0 aliphatic carbocycles. The Kier molecular flexibility index (Phi) is 6.66. The second-order valence-electron chi connectivity index (χ2n) is 4.87. The van der Waals surface area contributed by atoms with E-state index in [0.717, 1.165) is 12.1 Å². The molecule has 1 atom stereocenters. The Morgan fingerprint density at radius 3 is 2.47 bits per heavy atom. The topological polar surface area (TPSA) is 41.5 Å². The van der Waals surface area contributed by atoms with Gasteiger partial charge in [-0.3, -0.25) is 0 Å². The molecule has 4 heteroatoms. The van der Waals surface area contributed by atoms with Crippen molar-refractivity contribution in [1.29, 1.82) is 0 Å². The van der Waals surface area contributed by atoms with Gasteiger partial charge < -0.3 is 15.2 Å². The zero-order chi connectivity index (χ0) is 14.4. The van der Waals surface area contributed by atoms with E-state index in [1.54, 1.807) is 7.11 Å². The van der Waals surface area contributed by atoms with Crippen molar-refractivity contribution < 1.29 is 9.84 Å². The van der Waals surface area contributed by atoms with Crippen LogP contribution in [-0.4, -0.2) is 18.3 Å². The SMILES string of the molecule is CCC(CC)C(C)NCc1cc(Br)c(O)c(OC)c1. The Bertz CT molecular complexity index is 405. The predicted molar refractivity (Wildman–Crippen MR) is 82.7 cm³/mol. The van der Waals surface area contributed by atoms with E-state index in [-0.39, 0.29) is 5.75 Å². The summed E-state index contributed by atoms with van der Waals surface area (Å²) >= 11 is 3.34.